The van der Waals surface area contributed by atoms with Gasteiger partial charge in [-0.1, -0.05) is 23.2 Å². The van der Waals surface area contributed by atoms with Crippen molar-refractivity contribution >= 4 is 29.0 Å². The standard InChI is InChI=1S/C14H9Cl2F6N5/c1-25-11(14(20,21)22)9-8(4-23)26-27(12(9)24)10-6(15)2-5(3-7(10)16)13(17,18)19/h2-3,11,25H,24H2,1H3. The topological polar surface area (TPSA) is 79.7 Å². The highest BCUT2D eigenvalue weighted by Crippen LogP contribution is 2.41. The second-order valence-corrected chi connectivity index (χ2v) is 6.04. The molecular formula is C14H9Cl2F6N5. The Bertz CT molecular complexity index is 889. The molecule has 0 saturated carbocycles. The first-order valence-electron chi connectivity index (χ1n) is 6.92. The van der Waals surface area contributed by atoms with E-state index in [1.54, 1.807) is 0 Å². The van der Waals surface area contributed by atoms with Gasteiger partial charge in [0.1, 0.15) is 23.6 Å². The zero-order chi connectivity index (χ0) is 20.7. The SMILES string of the molecule is CNC(c1c(C#N)nn(-c2c(Cl)cc(C(F)(F)F)cc2Cl)c1N)C(F)(F)F. The van der Waals surface area contributed by atoms with Crippen molar-refractivity contribution < 1.29 is 26.3 Å². The molecule has 0 fully saturated rings. The van der Waals surface area contributed by atoms with Crippen LogP contribution in [-0.2, 0) is 6.18 Å². The van der Waals surface area contributed by atoms with E-state index in [1.165, 1.54) is 6.07 Å². The lowest BCUT2D eigenvalue weighted by Gasteiger charge is -2.19. The van der Waals surface area contributed by atoms with Gasteiger partial charge < -0.3 is 11.1 Å². The van der Waals surface area contributed by atoms with Gasteiger partial charge in [-0.05, 0) is 19.2 Å². The lowest BCUT2D eigenvalue weighted by molar-refractivity contribution is -0.156. The first kappa shape index (κ1) is 21.1. The average molecular weight is 432 g/mol. The van der Waals surface area contributed by atoms with Gasteiger partial charge in [0.2, 0.25) is 0 Å². The summed E-state index contributed by atoms with van der Waals surface area (Å²) in [5.41, 5.74) is 2.78. The van der Waals surface area contributed by atoms with Crippen LogP contribution in [-0.4, -0.2) is 23.0 Å². The maximum absolute atomic E-state index is 13.2. The number of nitriles is 1. The van der Waals surface area contributed by atoms with Gasteiger partial charge in [0.15, 0.2) is 5.69 Å². The molecule has 0 bridgehead atoms. The highest BCUT2D eigenvalue weighted by Gasteiger charge is 2.44. The molecule has 1 unspecified atom stereocenters. The number of nitrogens with zero attached hydrogens (tertiary/aromatic N) is 3. The zero-order valence-electron chi connectivity index (χ0n) is 13.2. The summed E-state index contributed by atoms with van der Waals surface area (Å²) in [4.78, 5) is 0. The van der Waals surface area contributed by atoms with E-state index in [0.29, 0.717) is 16.8 Å². The predicted octanol–water partition coefficient (Wildman–Crippen LogP) is 4.47. The van der Waals surface area contributed by atoms with Crippen LogP contribution >= 0.6 is 23.2 Å². The van der Waals surface area contributed by atoms with Crippen LogP contribution in [0.1, 0.15) is 22.9 Å². The van der Waals surface area contributed by atoms with Gasteiger partial charge in [0.05, 0.1) is 21.2 Å². The largest absolute Gasteiger partial charge is 0.416 e. The molecule has 0 spiro atoms. The van der Waals surface area contributed by atoms with Crippen LogP contribution in [0.2, 0.25) is 10.0 Å². The van der Waals surface area contributed by atoms with Crippen LogP contribution in [0, 0.1) is 11.3 Å². The summed E-state index contributed by atoms with van der Waals surface area (Å²) in [6.45, 7) is 0. The monoisotopic (exact) mass is 431 g/mol. The van der Waals surface area contributed by atoms with Gasteiger partial charge in [0.25, 0.3) is 0 Å². The molecule has 0 aliphatic carbocycles. The summed E-state index contributed by atoms with van der Waals surface area (Å²) in [5, 5.41) is 13.6. The van der Waals surface area contributed by atoms with E-state index >= 15 is 0 Å². The minimum atomic E-state index is -4.82. The maximum atomic E-state index is 13.2. The Balaban J connectivity index is 2.75. The van der Waals surface area contributed by atoms with Gasteiger partial charge in [-0.15, -0.1) is 0 Å². The molecule has 2 rings (SSSR count). The third-order valence-corrected chi connectivity index (χ3v) is 4.10. The first-order chi connectivity index (χ1) is 12.3. The number of halogens is 8. The molecule has 13 heteroatoms. The van der Waals surface area contributed by atoms with E-state index in [9.17, 15) is 26.3 Å². The quantitative estimate of drug-likeness (QED) is 0.702. The number of hydrogen-bond acceptors (Lipinski definition) is 4. The Labute approximate surface area is 158 Å². The lowest BCUT2D eigenvalue weighted by Crippen LogP contribution is -2.32. The van der Waals surface area contributed by atoms with Gasteiger partial charge in [-0.3, -0.25) is 0 Å². The predicted molar refractivity (Wildman–Crippen MR) is 85.6 cm³/mol. The average Bonchev–Trinajstić information content (AvgIpc) is 2.82. The van der Waals surface area contributed by atoms with Gasteiger partial charge in [-0.2, -0.15) is 36.7 Å². The fraction of sp³-hybridized carbons (Fsp3) is 0.286. The number of benzene rings is 1. The molecule has 2 aromatic rings. The Morgan fingerprint density at radius 2 is 1.70 bits per heavy atom. The number of nitrogens with two attached hydrogens (primary N) is 1. The molecule has 5 nitrogen and oxygen atoms in total. The number of aromatic nitrogens is 2. The lowest BCUT2D eigenvalue weighted by atomic mass is 10.1. The van der Waals surface area contributed by atoms with E-state index < -0.39 is 51.1 Å². The van der Waals surface area contributed by atoms with Crippen LogP contribution < -0.4 is 11.1 Å². The fourth-order valence-corrected chi connectivity index (χ4v) is 3.03. The molecule has 1 atom stereocenters. The van der Waals surface area contributed by atoms with Crippen molar-refractivity contribution in [2.75, 3.05) is 12.8 Å². The number of hydrogen-bond donors (Lipinski definition) is 2. The molecule has 0 aliphatic heterocycles. The van der Waals surface area contributed by atoms with Crippen molar-refractivity contribution in [3.8, 4) is 11.8 Å². The molecule has 27 heavy (non-hydrogen) atoms. The molecule has 0 aliphatic rings. The van der Waals surface area contributed by atoms with E-state index in [-0.39, 0.29) is 5.69 Å². The molecule has 1 aromatic carbocycles. The van der Waals surface area contributed by atoms with Crippen LogP contribution in [0.25, 0.3) is 5.69 Å². The highest BCUT2D eigenvalue weighted by atomic mass is 35.5. The fourth-order valence-electron chi connectivity index (χ4n) is 2.38. The first-order valence-corrected chi connectivity index (χ1v) is 7.67. The van der Waals surface area contributed by atoms with Gasteiger partial charge >= 0.3 is 12.4 Å². The normalized spacial score (nSPS) is 13.5. The second-order valence-electron chi connectivity index (χ2n) is 5.22. The smallest absolute Gasteiger partial charge is 0.383 e. The molecule has 1 aromatic heterocycles. The maximum Gasteiger partial charge on any atom is 0.416 e. The molecule has 0 saturated heterocycles. The van der Waals surface area contributed by atoms with Crippen molar-refractivity contribution in [3.63, 3.8) is 0 Å². The van der Waals surface area contributed by atoms with Crippen molar-refractivity contribution in [1.82, 2.24) is 15.1 Å². The van der Waals surface area contributed by atoms with E-state index in [1.807, 2.05) is 5.32 Å². The number of nitrogen functional groups attached to an aromatic ring is 1. The molecule has 0 radical (unpaired) electrons. The Kier molecular flexibility index (Phi) is 5.56. The zero-order valence-corrected chi connectivity index (χ0v) is 14.7. The van der Waals surface area contributed by atoms with Crippen LogP contribution in [0.3, 0.4) is 0 Å². The minimum Gasteiger partial charge on any atom is -0.383 e. The van der Waals surface area contributed by atoms with E-state index in [2.05, 4.69) is 5.10 Å². The van der Waals surface area contributed by atoms with Gasteiger partial charge in [0, 0.05) is 0 Å². The summed E-state index contributed by atoms with van der Waals surface area (Å²) in [7, 11) is 0.994. The van der Waals surface area contributed by atoms with Crippen molar-refractivity contribution in [1.29, 1.82) is 5.26 Å². The second kappa shape index (κ2) is 7.10. The molecular weight excluding hydrogens is 423 g/mol. The summed E-state index contributed by atoms with van der Waals surface area (Å²) in [6, 6.07) is 0.175. The molecule has 0 amide bonds. The van der Waals surface area contributed by atoms with Crippen molar-refractivity contribution in [2.45, 2.75) is 18.4 Å². The van der Waals surface area contributed by atoms with Crippen LogP contribution in [0.4, 0.5) is 32.2 Å². The Morgan fingerprint density at radius 1 is 1.19 bits per heavy atom. The van der Waals surface area contributed by atoms with Crippen LogP contribution in [0.15, 0.2) is 12.1 Å². The summed E-state index contributed by atoms with van der Waals surface area (Å²) in [5.74, 6) is -0.646. The highest BCUT2D eigenvalue weighted by molar-refractivity contribution is 6.38. The number of rotatable bonds is 3. The Morgan fingerprint density at radius 3 is 2.07 bits per heavy atom. The van der Waals surface area contributed by atoms with Crippen molar-refractivity contribution in [2.24, 2.45) is 0 Å². The minimum absolute atomic E-state index is 0.386. The summed E-state index contributed by atoms with van der Waals surface area (Å²) < 4.78 is 78.7. The Hall–Kier alpha value is -2.16. The summed E-state index contributed by atoms with van der Waals surface area (Å²) in [6.07, 6.45) is -9.58. The molecule has 3 N–H and O–H groups in total. The summed E-state index contributed by atoms with van der Waals surface area (Å²) >= 11 is 11.7. The number of alkyl halides is 6. The third kappa shape index (κ3) is 3.92. The molecule has 1 heterocycles. The van der Waals surface area contributed by atoms with E-state index in [4.69, 9.17) is 34.2 Å². The molecule has 146 valence electrons. The van der Waals surface area contributed by atoms with Gasteiger partial charge in [-0.25, -0.2) is 4.68 Å². The van der Waals surface area contributed by atoms with Crippen LogP contribution in [0.5, 0.6) is 0 Å². The third-order valence-electron chi connectivity index (χ3n) is 3.53. The number of anilines is 1. The number of nitrogens with one attached hydrogen (secondary N) is 1. The van der Waals surface area contributed by atoms with E-state index in [0.717, 1.165) is 7.05 Å². The van der Waals surface area contributed by atoms with Crippen molar-refractivity contribution in [3.05, 3.63) is 39.0 Å².